The van der Waals surface area contributed by atoms with Gasteiger partial charge in [0.15, 0.2) is 5.78 Å². The Kier molecular flexibility index (Phi) is 5.39. The van der Waals surface area contributed by atoms with Crippen LogP contribution in [0.3, 0.4) is 0 Å². The van der Waals surface area contributed by atoms with Gasteiger partial charge in [-0.2, -0.15) is 0 Å². The normalized spacial score (nSPS) is 12.8. The molecule has 0 fully saturated rings. The molecule has 2 nitrogen and oxygen atoms in total. The number of rotatable bonds is 6. The van der Waals surface area contributed by atoms with Crippen molar-refractivity contribution in [1.82, 2.24) is 0 Å². The minimum absolute atomic E-state index is 0.143. The second kappa shape index (κ2) is 5.49. The van der Waals surface area contributed by atoms with Gasteiger partial charge in [0.2, 0.25) is 6.16 Å². The summed E-state index contributed by atoms with van der Waals surface area (Å²) in [6, 6.07) is 0. The monoisotopic (exact) mass is 203 g/mol. The molecule has 0 heterocycles. The summed E-state index contributed by atoms with van der Waals surface area (Å²) in [5, 5.41) is 0. The van der Waals surface area contributed by atoms with E-state index in [-0.39, 0.29) is 17.4 Å². The number of carbonyl (C=O) groups is 1. The van der Waals surface area contributed by atoms with E-state index >= 15 is 0 Å². The molecule has 0 bridgehead atoms. The summed E-state index contributed by atoms with van der Waals surface area (Å²) < 4.78 is 10.9. The molecule has 0 saturated carbocycles. The Morgan fingerprint density at radius 1 is 1.38 bits per heavy atom. The third-order valence-corrected chi connectivity index (χ3v) is 3.01. The molecule has 3 heteroatoms. The predicted molar refractivity (Wildman–Crippen MR) is 56.7 cm³/mol. The SMILES string of the molecule is CCCCC(C)(C)C(=O)C[P+](C)=O. The minimum Gasteiger partial charge on any atom is -0.294 e. The largest absolute Gasteiger partial charge is 0.343 e. The van der Waals surface area contributed by atoms with Crippen molar-refractivity contribution in [3.8, 4) is 0 Å². The zero-order valence-electron chi connectivity index (χ0n) is 9.09. The number of carbonyl (C=O) groups excluding carboxylic acids is 1. The molecule has 0 amide bonds. The Morgan fingerprint density at radius 3 is 2.31 bits per heavy atom. The molecule has 0 saturated heterocycles. The summed E-state index contributed by atoms with van der Waals surface area (Å²) >= 11 is 0. The first-order chi connectivity index (χ1) is 5.90. The molecule has 0 N–H and O–H groups in total. The average Bonchev–Trinajstić information content (AvgIpc) is 1.99. The second-order valence-electron chi connectivity index (χ2n) is 4.20. The summed E-state index contributed by atoms with van der Waals surface area (Å²) in [7, 11) is -1.32. The summed E-state index contributed by atoms with van der Waals surface area (Å²) in [5.41, 5.74) is -0.281. The lowest BCUT2D eigenvalue weighted by molar-refractivity contribution is -0.124. The van der Waals surface area contributed by atoms with Gasteiger partial charge < -0.3 is 0 Å². The van der Waals surface area contributed by atoms with Crippen molar-refractivity contribution in [2.45, 2.75) is 40.0 Å². The molecule has 0 aliphatic rings. The van der Waals surface area contributed by atoms with Crippen molar-refractivity contribution >= 4 is 13.6 Å². The van der Waals surface area contributed by atoms with E-state index < -0.39 is 7.80 Å². The quantitative estimate of drug-likeness (QED) is 0.621. The highest BCUT2D eigenvalue weighted by Crippen LogP contribution is 2.28. The summed E-state index contributed by atoms with van der Waals surface area (Å²) in [4.78, 5) is 11.6. The average molecular weight is 203 g/mol. The van der Waals surface area contributed by atoms with E-state index in [1.54, 1.807) is 6.66 Å². The second-order valence-corrected chi connectivity index (χ2v) is 5.77. The van der Waals surface area contributed by atoms with Crippen molar-refractivity contribution < 1.29 is 9.36 Å². The number of ketones is 1. The van der Waals surface area contributed by atoms with Crippen LogP contribution < -0.4 is 0 Å². The van der Waals surface area contributed by atoms with E-state index in [0.717, 1.165) is 19.3 Å². The Balaban J connectivity index is 4.10. The van der Waals surface area contributed by atoms with Crippen LogP contribution in [0.1, 0.15) is 40.0 Å². The minimum atomic E-state index is -1.32. The van der Waals surface area contributed by atoms with E-state index in [2.05, 4.69) is 6.92 Å². The fourth-order valence-corrected chi connectivity index (χ4v) is 2.01. The van der Waals surface area contributed by atoms with Crippen LogP contribution in [-0.4, -0.2) is 18.6 Å². The highest BCUT2D eigenvalue weighted by molar-refractivity contribution is 7.44. The fraction of sp³-hybridized carbons (Fsp3) is 0.900. The van der Waals surface area contributed by atoms with Crippen molar-refractivity contribution in [3.05, 3.63) is 0 Å². The zero-order chi connectivity index (χ0) is 10.5. The molecule has 0 spiro atoms. The maximum atomic E-state index is 11.6. The topological polar surface area (TPSA) is 34.1 Å². The van der Waals surface area contributed by atoms with E-state index in [4.69, 9.17) is 0 Å². The van der Waals surface area contributed by atoms with E-state index in [0.29, 0.717) is 0 Å². The molecule has 0 aliphatic carbocycles. The number of hydrogen-bond donors (Lipinski definition) is 0. The third-order valence-electron chi connectivity index (χ3n) is 2.28. The van der Waals surface area contributed by atoms with Crippen LogP contribution in [0.25, 0.3) is 0 Å². The lowest BCUT2D eigenvalue weighted by Crippen LogP contribution is -2.25. The van der Waals surface area contributed by atoms with Crippen LogP contribution in [0.2, 0.25) is 0 Å². The van der Waals surface area contributed by atoms with Crippen LogP contribution >= 0.6 is 7.80 Å². The summed E-state index contributed by atoms with van der Waals surface area (Å²) in [6.45, 7) is 7.62. The van der Waals surface area contributed by atoms with Crippen molar-refractivity contribution in [2.75, 3.05) is 12.8 Å². The number of hydrogen-bond acceptors (Lipinski definition) is 2. The van der Waals surface area contributed by atoms with Crippen molar-refractivity contribution in [1.29, 1.82) is 0 Å². The van der Waals surface area contributed by atoms with Crippen LogP contribution in [0, 0.1) is 5.41 Å². The molecule has 13 heavy (non-hydrogen) atoms. The van der Waals surface area contributed by atoms with Crippen LogP contribution in [0.4, 0.5) is 0 Å². The van der Waals surface area contributed by atoms with Gasteiger partial charge in [-0.05, 0) is 6.42 Å². The van der Waals surface area contributed by atoms with Gasteiger partial charge in [-0.3, -0.25) is 4.79 Å². The van der Waals surface area contributed by atoms with Gasteiger partial charge in [0, 0.05) is 5.41 Å². The first kappa shape index (κ1) is 12.8. The molecular formula is C10H20O2P+. The van der Waals surface area contributed by atoms with E-state index in [1.807, 2.05) is 13.8 Å². The van der Waals surface area contributed by atoms with Gasteiger partial charge in [0.1, 0.15) is 6.66 Å². The highest BCUT2D eigenvalue weighted by Gasteiger charge is 2.30. The van der Waals surface area contributed by atoms with Gasteiger partial charge in [0.25, 0.3) is 0 Å². The number of unbranched alkanes of at least 4 members (excludes halogenated alkanes) is 1. The predicted octanol–water partition coefficient (Wildman–Crippen LogP) is 3.23. The molecule has 76 valence electrons. The van der Waals surface area contributed by atoms with Crippen molar-refractivity contribution in [3.63, 3.8) is 0 Å². The lowest BCUT2D eigenvalue weighted by Gasteiger charge is -2.20. The Morgan fingerprint density at radius 2 is 1.92 bits per heavy atom. The Labute approximate surface area is 81.9 Å². The van der Waals surface area contributed by atoms with Crippen LogP contribution in [0.15, 0.2) is 0 Å². The van der Waals surface area contributed by atoms with E-state index in [1.165, 1.54) is 0 Å². The lowest BCUT2D eigenvalue weighted by atomic mass is 9.83. The maximum Gasteiger partial charge on any atom is 0.343 e. The van der Waals surface area contributed by atoms with Crippen LogP contribution in [0.5, 0.6) is 0 Å². The molecule has 1 unspecified atom stereocenters. The molecule has 1 atom stereocenters. The van der Waals surface area contributed by atoms with Gasteiger partial charge >= 0.3 is 7.80 Å². The maximum absolute atomic E-state index is 11.6. The Bertz CT molecular complexity index is 197. The molecule has 0 aromatic heterocycles. The van der Waals surface area contributed by atoms with Gasteiger partial charge in [0.05, 0.1) is 0 Å². The standard InChI is InChI=1S/C10H20O2P/c1-5-6-7-10(2,3)9(11)8-13(4)12/h5-8H2,1-4H3/q+1. The molecular weight excluding hydrogens is 183 g/mol. The fourth-order valence-electron chi connectivity index (χ4n) is 1.17. The van der Waals surface area contributed by atoms with Crippen molar-refractivity contribution in [2.24, 2.45) is 5.41 Å². The Hall–Kier alpha value is -0.230. The van der Waals surface area contributed by atoms with Gasteiger partial charge in [-0.25, -0.2) is 0 Å². The molecule has 0 rings (SSSR count). The first-order valence-corrected chi connectivity index (χ1v) is 6.71. The summed E-state index contributed by atoms with van der Waals surface area (Å²) in [6.07, 6.45) is 3.33. The van der Waals surface area contributed by atoms with Crippen LogP contribution in [-0.2, 0) is 9.36 Å². The smallest absolute Gasteiger partial charge is 0.294 e. The van der Waals surface area contributed by atoms with Gasteiger partial charge in [-0.1, -0.05) is 38.2 Å². The molecule has 0 aromatic carbocycles. The van der Waals surface area contributed by atoms with E-state index in [9.17, 15) is 9.36 Å². The number of Topliss-reactive ketones (excluding diaryl/α,β-unsaturated/α-hetero) is 1. The third kappa shape index (κ3) is 5.15. The molecule has 0 aromatic rings. The van der Waals surface area contributed by atoms with Gasteiger partial charge in [-0.15, -0.1) is 0 Å². The highest BCUT2D eigenvalue weighted by atomic mass is 31.1. The molecule has 0 aliphatic heterocycles. The zero-order valence-corrected chi connectivity index (χ0v) is 9.99. The molecule has 0 radical (unpaired) electrons. The summed E-state index contributed by atoms with van der Waals surface area (Å²) in [5.74, 6) is 0.143. The first-order valence-electron chi connectivity index (χ1n) is 4.81.